The van der Waals surface area contributed by atoms with Crippen LogP contribution in [0.2, 0.25) is 0 Å². The zero-order valence-electron chi connectivity index (χ0n) is 11.0. The normalized spacial score (nSPS) is 21.9. The van der Waals surface area contributed by atoms with Gasteiger partial charge in [0, 0.05) is 24.7 Å². The highest BCUT2D eigenvalue weighted by Crippen LogP contribution is 2.10. The zero-order valence-corrected chi connectivity index (χ0v) is 11.8. The summed E-state index contributed by atoms with van der Waals surface area (Å²) >= 11 is 0. The maximum Gasteiger partial charge on any atom is 0.240 e. The lowest BCUT2D eigenvalue weighted by Crippen LogP contribution is -2.55. The van der Waals surface area contributed by atoms with Crippen LogP contribution in [0.1, 0.15) is 12.5 Å². The minimum atomic E-state index is -0.666. The first-order valence-electron chi connectivity index (χ1n) is 6.14. The van der Waals surface area contributed by atoms with Gasteiger partial charge in [0.15, 0.2) is 0 Å². The third-order valence-corrected chi connectivity index (χ3v) is 3.07. The van der Waals surface area contributed by atoms with Gasteiger partial charge in [0.2, 0.25) is 5.91 Å². The summed E-state index contributed by atoms with van der Waals surface area (Å²) in [5, 5.41) is 5.65. The number of benzene rings is 1. The summed E-state index contributed by atoms with van der Waals surface area (Å²) in [6.07, 6.45) is -0.230. The van der Waals surface area contributed by atoms with Crippen molar-refractivity contribution in [2.24, 2.45) is 0 Å². The van der Waals surface area contributed by atoms with Gasteiger partial charge >= 0.3 is 0 Å². The molecule has 1 heterocycles. The highest BCUT2D eigenvalue weighted by atomic mass is 35.5. The fraction of sp³-hybridized carbons (Fsp3) is 0.462. The lowest BCUT2D eigenvalue weighted by molar-refractivity contribution is -0.129. The smallest absolute Gasteiger partial charge is 0.240 e. The van der Waals surface area contributed by atoms with Crippen LogP contribution in [0.3, 0.4) is 0 Å². The van der Waals surface area contributed by atoms with Crippen LogP contribution in [-0.4, -0.2) is 31.2 Å². The van der Waals surface area contributed by atoms with Crippen LogP contribution >= 0.6 is 12.4 Å². The standard InChI is InChI=1S/C13H16F2N2O2.ClH/c1-8-12(16-4-5-19-8)13(18)17-7-9-2-3-10(14)6-11(9)15;/h2-3,6,8,12,16H,4-5,7H2,1H3,(H,17,18);1H/t8-,12+;/m1./s1. The number of carbonyl (C=O) groups excluding carboxylic acids is 1. The molecule has 1 aliphatic rings. The quantitative estimate of drug-likeness (QED) is 0.887. The third kappa shape index (κ3) is 4.13. The zero-order chi connectivity index (χ0) is 13.8. The van der Waals surface area contributed by atoms with E-state index in [1.165, 1.54) is 6.07 Å². The van der Waals surface area contributed by atoms with Gasteiger partial charge in [0.1, 0.15) is 17.7 Å². The number of hydrogen-bond acceptors (Lipinski definition) is 3. The SMILES string of the molecule is C[C@H]1OCCN[C@@H]1C(=O)NCc1ccc(F)cc1F.Cl. The lowest BCUT2D eigenvalue weighted by Gasteiger charge is -2.29. The molecule has 1 aromatic carbocycles. The summed E-state index contributed by atoms with van der Waals surface area (Å²) < 4.78 is 31.5. The second kappa shape index (κ2) is 7.52. The van der Waals surface area contributed by atoms with Crippen molar-refractivity contribution in [3.8, 4) is 0 Å². The van der Waals surface area contributed by atoms with E-state index >= 15 is 0 Å². The molecule has 1 fully saturated rings. The Kier molecular flexibility index (Phi) is 6.32. The van der Waals surface area contributed by atoms with Gasteiger partial charge in [-0.1, -0.05) is 6.07 Å². The molecule has 2 atom stereocenters. The van der Waals surface area contributed by atoms with Gasteiger partial charge < -0.3 is 15.4 Å². The van der Waals surface area contributed by atoms with Crippen molar-refractivity contribution < 1.29 is 18.3 Å². The van der Waals surface area contributed by atoms with Crippen molar-refractivity contribution in [3.05, 3.63) is 35.4 Å². The predicted octanol–water partition coefficient (Wildman–Crippen LogP) is 1.38. The monoisotopic (exact) mass is 306 g/mol. The number of carbonyl (C=O) groups is 1. The molecular formula is C13H17ClF2N2O2. The Bertz CT molecular complexity index is 474. The van der Waals surface area contributed by atoms with Crippen LogP contribution in [0.4, 0.5) is 8.78 Å². The number of hydrogen-bond donors (Lipinski definition) is 2. The second-order valence-electron chi connectivity index (χ2n) is 4.46. The molecule has 7 heteroatoms. The van der Waals surface area contributed by atoms with E-state index in [2.05, 4.69) is 10.6 Å². The maximum atomic E-state index is 13.4. The molecule has 2 rings (SSSR count). The van der Waals surface area contributed by atoms with Crippen molar-refractivity contribution >= 4 is 18.3 Å². The van der Waals surface area contributed by atoms with E-state index in [0.29, 0.717) is 13.2 Å². The molecule has 1 aliphatic heterocycles. The average Bonchev–Trinajstić information content (AvgIpc) is 2.38. The number of amides is 1. The van der Waals surface area contributed by atoms with E-state index in [1.54, 1.807) is 6.92 Å². The Labute approximate surface area is 122 Å². The van der Waals surface area contributed by atoms with E-state index in [0.717, 1.165) is 12.1 Å². The molecule has 0 aliphatic carbocycles. The minimum absolute atomic E-state index is 0. The minimum Gasteiger partial charge on any atom is -0.375 e. The first-order chi connectivity index (χ1) is 9.08. The van der Waals surface area contributed by atoms with E-state index in [9.17, 15) is 13.6 Å². The van der Waals surface area contributed by atoms with Gasteiger partial charge in [-0.15, -0.1) is 12.4 Å². The molecule has 0 saturated carbocycles. The van der Waals surface area contributed by atoms with Crippen LogP contribution in [0, 0.1) is 11.6 Å². The Morgan fingerprint density at radius 3 is 2.90 bits per heavy atom. The van der Waals surface area contributed by atoms with Crippen molar-refractivity contribution in [2.45, 2.75) is 25.6 Å². The summed E-state index contributed by atoms with van der Waals surface area (Å²) in [4.78, 5) is 11.9. The van der Waals surface area contributed by atoms with Gasteiger partial charge in [-0.3, -0.25) is 4.79 Å². The number of rotatable bonds is 3. The molecule has 0 unspecified atom stereocenters. The Morgan fingerprint density at radius 2 is 2.25 bits per heavy atom. The summed E-state index contributed by atoms with van der Waals surface area (Å²) in [5.41, 5.74) is 0.249. The number of morpholine rings is 1. The Balaban J connectivity index is 0.00000200. The fourth-order valence-electron chi connectivity index (χ4n) is 1.98. The van der Waals surface area contributed by atoms with Crippen LogP contribution in [0.15, 0.2) is 18.2 Å². The van der Waals surface area contributed by atoms with Gasteiger partial charge in [0.05, 0.1) is 12.7 Å². The molecule has 1 amide bonds. The van der Waals surface area contributed by atoms with Gasteiger partial charge in [-0.05, 0) is 13.0 Å². The molecule has 1 aromatic rings. The lowest BCUT2D eigenvalue weighted by atomic mass is 10.1. The molecule has 2 N–H and O–H groups in total. The first-order valence-corrected chi connectivity index (χ1v) is 6.14. The van der Waals surface area contributed by atoms with Crippen molar-refractivity contribution in [1.82, 2.24) is 10.6 Å². The molecular weight excluding hydrogens is 290 g/mol. The van der Waals surface area contributed by atoms with Crippen molar-refractivity contribution in [3.63, 3.8) is 0 Å². The number of halogens is 3. The molecule has 112 valence electrons. The molecule has 0 spiro atoms. The van der Waals surface area contributed by atoms with Gasteiger partial charge in [-0.2, -0.15) is 0 Å². The molecule has 0 aromatic heterocycles. The largest absolute Gasteiger partial charge is 0.375 e. The predicted molar refractivity (Wildman–Crippen MR) is 72.7 cm³/mol. The molecule has 4 nitrogen and oxygen atoms in total. The van der Waals surface area contributed by atoms with Gasteiger partial charge in [-0.25, -0.2) is 8.78 Å². The molecule has 0 bridgehead atoms. The fourth-order valence-corrected chi connectivity index (χ4v) is 1.98. The highest BCUT2D eigenvalue weighted by Gasteiger charge is 2.28. The first kappa shape index (κ1) is 16.8. The number of nitrogens with one attached hydrogen (secondary N) is 2. The third-order valence-electron chi connectivity index (χ3n) is 3.07. The van der Waals surface area contributed by atoms with E-state index < -0.39 is 17.7 Å². The average molecular weight is 307 g/mol. The molecule has 0 radical (unpaired) electrons. The Morgan fingerprint density at radius 1 is 1.50 bits per heavy atom. The van der Waals surface area contributed by atoms with E-state index in [4.69, 9.17) is 4.74 Å². The van der Waals surface area contributed by atoms with Crippen LogP contribution in [-0.2, 0) is 16.1 Å². The molecule has 1 saturated heterocycles. The van der Waals surface area contributed by atoms with E-state index in [1.807, 2.05) is 0 Å². The number of ether oxygens (including phenoxy) is 1. The van der Waals surface area contributed by atoms with Gasteiger partial charge in [0.25, 0.3) is 0 Å². The van der Waals surface area contributed by atoms with Crippen LogP contribution in [0.5, 0.6) is 0 Å². The maximum absolute atomic E-state index is 13.4. The van der Waals surface area contributed by atoms with Crippen LogP contribution in [0.25, 0.3) is 0 Å². The summed E-state index contributed by atoms with van der Waals surface area (Å²) in [6.45, 7) is 3.00. The summed E-state index contributed by atoms with van der Waals surface area (Å²) in [6, 6.07) is 2.83. The summed E-state index contributed by atoms with van der Waals surface area (Å²) in [7, 11) is 0. The summed E-state index contributed by atoms with van der Waals surface area (Å²) in [5.74, 6) is -1.55. The van der Waals surface area contributed by atoms with E-state index in [-0.39, 0.29) is 36.5 Å². The topological polar surface area (TPSA) is 50.4 Å². The Hall–Kier alpha value is -1.24. The second-order valence-corrected chi connectivity index (χ2v) is 4.46. The van der Waals surface area contributed by atoms with Crippen molar-refractivity contribution in [1.29, 1.82) is 0 Å². The van der Waals surface area contributed by atoms with Crippen molar-refractivity contribution in [2.75, 3.05) is 13.2 Å². The highest BCUT2D eigenvalue weighted by molar-refractivity contribution is 5.85. The molecule has 20 heavy (non-hydrogen) atoms. The van der Waals surface area contributed by atoms with Crippen LogP contribution < -0.4 is 10.6 Å².